The van der Waals surface area contributed by atoms with E-state index >= 15 is 0 Å². The van der Waals surface area contributed by atoms with Gasteiger partial charge in [-0.3, -0.25) is 4.79 Å². The van der Waals surface area contributed by atoms with E-state index in [0.29, 0.717) is 23.0 Å². The minimum Gasteiger partial charge on any atom is -0.494 e. The normalized spacial score (nSPS) is 16.4. The number of hydrogen-bond donors (Lipinski definition) is 1. The van der Waals surface area contributed by atoms with Gasteiger partial charge in [0.1, 0.15) is 48.6 Å². The van der Waals surface area contributed by atoms with Crippen molar-refractivity contribution in [2.24, 2.45) is 0 Å². The molecule has 47 heavy (non-hydrogen) atoms. The number of carbonyl (C=O) groups is 1. The summed E-state index contributed by atoms with van der Waals surface area (Å²) in [5.74, 6) is -3.15. The predicted molar refractivity (Wildman–Crippen MR) is 153 cm³/mol. The van der Waals surface area contributed by atoms with Crippen molar-refractivity contribution in [1.29, 1.82) is 0 Å². The van der Waals surface area contributed by atoms with Gasteiger partial charge in [0.2, 0.25) is 0 Å². The van der Waals surface area contributed by atoms with Crippen molar-refractivity contribution in [2.45, 2.75) is 42.4 Å². The van der Waals surface area contributed by atoms with Gasteiger partial charge in [-0.1, -0.05) is 12.1 Å². The van der Waals surface area contributed by atoms with E-state index in [2.05, 4.69) is 20.5 Å². The van der Waals surface area contributed by atoms with E-state index in [9.17, 15) is 39.9 Å². The van der Waals surface area contributed by atoms with Crippen LogP contribution in [0.15, 0.2) is 48.5 Å². The average Bonchev–Trinajstić information content (AvgIpc) is 3.83. The Morgan fingerprint density at radius 3 is 2.32 bits per heavy atom. The number of carbonyl (C=O) groups excluding carboxylic acids is 1. The number of ether oxygens (including phenoxy) is 2. The maximum atomic E-state index is 14.6. The van der Waals surface area contributed by atoms with Gasteiger partial charge in [-0.05, 0) is 49.2 Å². The summed E-state index contributed by atoms with van der Waals surface area (Å²) in [5.41, 5.74) is -3.22. The SMILES string of the molecule is COc1cc(C(=O)NCC(c2cc3c(c(-c4ccc(C(F)(F)F)cc4)n2)OCC3(CF)CF)C(F)(F)F)cc2cc(C3CC3)nnc12. The van der Waals surface area contributed by atoms with Crippen LogP contribution in [0.1, 0.15) is 57.6 Å². The van der Waals surface area contributed by atoms with Crippen molar-refractivity contribution in [3.8, 4) is 22.8 Å². The largest absolute Gasteiger partial charge is 0.494 e. The van der Waals surface area contributed by atoms with Gasteiger partial charge in [0.05, 0.1) is 29.5 Å². The van der Waals surface area contributed by atoms with Gasteiger partial charge in [-0.2, -0.15) is 31.4 Å². The number of benzene rings is 2. The second kappa shape index (κ2) is 11.9. The highest BCUT2D eigenvalue weighted by molar-refractivity contribution is 6.00. The van der Waals surface area contributed by atoms with Gasteiger partial charge in [0.25, 0.3) is 5.91 Å². The molecule has 248 valence electrons. The fraction of sp³-hybridized carbons (Fsp3) is 0.375. The molecule has 2 aromatic heterocycles. The topological polar surface area (TPSA) is 86.2 Å². The Kier molecular flexibility index (Phi) is 8.20. The minimum atomic E-state index is -5.02. The maximum absolute atomic E-state index is 14.6. The van der Waals surface area contributed by atoms with Crippen LogP contribution in [0.25, 0.3) is 22.2 Å². The number of alkyl halides is 8. The number of halogens is 8. The Bertz CT molecular complexity index is 1820. The average molecular weight is 667 g/mol. The Morgan fingerprint density at radius 2 is 1.72 bits per heavy atom. The van der Waals surface area contributed by atoms with Crippen LogP contribution < -0.4 is 14.8 Å². The van der Waals surface area contributed by atoms with Crippen LogP contribution in [0.4, 0.5) is 35.1 Å². The molecule has 1 amide bonds. The zero-order valence-corrected chi connectivity index (χ0v) is 24.6. The fourth-order valence-corrected chi connectivity index (χ4v) is 5.52. The molecule has 2 aliphatic rings. The highest BCUT2D eigenvalue weighted by Gasteiger charge is 2.47. The predicted octanol–water partition coefficient (Wildman–Crippen LogP) is 7.24. The summed E-state index contributed by atoms with van der Waals surface area (Å²) in [6.45, 7) is -4.23. The van der Waals surface area contributed by atoms with Gasteiger partial charge < -0.3 is 14.8 Å². The Balaban J connectivity index is 1.37. The Labute approximate surface area is 262 Å². The lowest BCUT2D eigenvalue weighted by Gasteiger charge is -2.24. The Hall–Kier alpha value is -4.56. The molecule has 1 atom stereocenters. The van der Waals surface area contributed by atoms with Crippen molar-refractivity contribution < 1.29 is 49.4 Å². The van der Waals surface area contributed by atoms with E-state index < -0.39 is 67.4 Å². The lowest BCUT2D eigenvalue weighted by Crippen LogP contribution is -2.36. The van der Waals surface area contributed by atoms with Crippen LogP contribution >= 0.6 is 0 Å². The number of amides is 1. The first-order chi connectivity index (χ1) is 22.3. The lowest BCUT2D eigenvalue weighted by atomic mass is 9.83. The molecule has 1 fully saturated rings. The van der Waals surface area contributed by atoms with Crippen LogP contribution in [0, 0.1) is 0 Å². The maximum Gasteiger partial charge on any atom is 0.416 e. The van der Waals surface area contributed by atoms with Gasteiger partial charge >= 0.3 is 12.4 Å². The van der Waals surface area contributed by atoms with Crippen molar-refractivity contribution in [1.82, 2.24) is 20.5 Å². The highest BCUT2D eigenvalue weighted by Crippen LogP contribution is 2.47. The molecule has 1 aliphatic heterocycles. The zero-order valence-electron chi connectivity index (χ0n) is 24.6. The van der Waals surface area contributed by atoms with Crippen molar-refractivity contribution in [2.75, 3.05) is 33.6 Å². The molecule has 1 saturated carbocycles. The van der Waals surface area contributed by atoms with Crippen molar-refractivity contribution in [3.05, 3.63) is 76.6 Å². The van der Waals surface area contributed by atoms with E-state index in [-0.39, 0.29) is 39.8 Å². The van der Waals surface area contributed by atoms with Crippen molar-refractivity contribution in [3.63, 3.8) is 0 Å². The van der Waals surface area contributed by atoms with Crippen LogP contribution in [0.5, 0.6) is 11.5 Å². The van der Waals surface area contributed by atoms with E-state index in [1.807, 2.05) is 0 Å². The first kappa shape index (κ1) is 32.4. The fourth-order valence-electron chi connectivity index (χ4n) is 5.52. The molecule has 0 spiro atoms. The molecule has 0 saturated heterocycles. The number of pyridine rings is 1. The molecule has 1 aliphatic carbocycles. The van der Waals surface area contributed by atoms with E-state index in [1.54, 1.807) is 6.07 Å². The third-order valence-electron chi connectivity index (χ3n) is 8.42. The van der Waals surface area contributed by atoms with Gasteiger partial charge in [0, 0.05) is 34.5 Å². The first-order valence-corrected chi connectivity index (χ1v) is 14.5. The number of nitrogens with zero attached hydrogens (tertiary/aromatic N) is 3. The highest BCUT2D eigenvalue weighted by atomic mass is 19.4. The van der Waals surface area contributed by atoms with E-state index in [0.717, 1.165) is 36.7 Å². The molecular formula is C32H26F8N4O3. The molecule has 7 nitrogen and oxygen atoms in total. The summed E-state index contributed by atoms with van der Waals surface area (Å²) in [6.07, 6.45) is -7.82. The molecule has 2 aromatic carbocycles. The van der Waals surface area contributed by atoms with Crippen molar-refractivity contribution >= 4 is 16.8 Å². The number of nitrogens with one attached hydrogen (secondary N) is 1. The molecule has 4 aromatic rings. The van der Waals surface area contributed by atoms with Crippen LogP contribution in [-0.4, -0.2) is 60.9 Å². The summed E-state index contributed by atoms with van der Waals surface area (Å²) in [7, 11) is 1.35. The molecule has 15 heteroatoms. The summed E-state index contributed by atoms with van der Waals surface area (Å²) in [6, 6.07) is 8.80. The second-order valence-corrected chi connectivity index (χ2v) is 11.6. The second-order valence-electron chi connectivity index (χ2n) is 11.6. The molecule has 3 heterocycles. The minimum absolute atomic E-state index is 0.0142. The number of hydrogen-bond acceptors (Lipinski definition) is 6. The van der Waals surface area contributed by atoms with E-state index in [4.69, 9.17) is 9.47 Å². The summed E-state index contributed by atoms with van der Waals surface area (Å²) < 4.78 is 123. The first-order valence-electron chi connectivity index (χ1n) is 14.5. The number of aromatic nitrogens is 3. The smallest absolute Gasteiger partial charge is 0.416 e. The molecule has 0 radical (unpaired) electrons. The summed E-state index contributed by atoms with van der Waals surface area (Å²) in [5, 5.41) is 11.2. The molecule has 0 bridgehead atoms. The third-order valence-corrected chi connectivity index (χ3v) is 8.42. The summed E-state index contributed by atoms with van der Waals surface area (Å²) in [4.78, 5) is 17.3. The molecule has 6 rings (SSSR count). The van der Waals surface area contributed by atoms with Gasteiger partial charge in [0.15, 0.2) is 0 Å². The quantitative estimate of drug-likeness (QED) is 0.190. The third kappa shape index (κ3) is 6.14. The van der Waals surface area contributed by atoms with Crippen LogP contribution in [0.3, 0.4) is 0 Å². The zero-order chi connectivity index (χ0) is 33.7. The monoisotopic (exact) mass is 666 g/mol. The molecule has 1 N–H and O–H groups in total. The number of fused-ring (bicyclic) bond motifs is 2. The lowest BCUT2D eigenvalue weighted by molar-refractivity contribution is -0.149. The van der Waals surface area contributed by atoms with E-state index in [1.165, 1.54) is 19.2 Å². The Morgan fingerprint density at radius 1 is 1.02 bits per heavy atom. The van der Waals surface area contributed by atoms with Gasteiger partial charge in [-0.25, -0.2) is 13.8 Å². The summed E-state index contributed by atoms with van der Waals surface area (Å²) >= 11 is 0. The standard InChI is InChI=1S/C32H26F8N4O3/c1-46-25-10-19(8-18-9-23(16-2-3-16)43-44-26(18)25)29(45)41-12-22(32(38,39)40)24-11-21-28(47-15-30(21,13-33)14-34)27(42-24)17-4-6-20(7-5-17)31(35,36)37/h4-11,16,22H,2-3,12-15H2,1H3,(H,41,45). The van der Waals surface area contributed by atoms with Gasteiger partial charge in [-0.15, -0.1) is 5.10 Å². The molecular weight excluding hydrogens is 640 g/mol. The molecule has 1 unspecified atom stereocenters. The number of rotatable bonds is 9. The van der Waals surface area contributed by atoms with Crippen LogP contribution in [-0.2, 0) is 11.6 Å². The number of methoxy groups -OCH3 is 1. The van der Waals surface area contributed by atoms with Crippen LogP contribution in [0.2, 0.25) is 0 Å².